The van der Waals surface area contributed by atoms with Gasteiger partial charge >= 0.3 is 12.0 Å². The van der Waals surface area contributed by atoms with E-state index in [1.165, 1.54) is 0 Å². The molecule has 1 rings (SSSR count). The second-order valence-electron chi connectivity index (χ2n) is 3.54. The molecule has 92 valence electrons. The molecule has 0 saturated heterocycles. The van der Waals surface area contributed by atoms with Crippen molar-refractivity contribution in [3.05, 3.63) is 29.8 Å². The number of hydrogen-bond acceptors (Lipinski definition) is 3. The number of carboxylic acids is 1. The average molecular weight is 238 g/mol. The number of carboxylic acid groups (broad SMARTS) is 1. The van der Waals surface area contributed by atoms with Crippen LogP contribution in [0.5, 0.6) is 0 Å². The molecule has 0 spiro atoms. The van der Waals surface area contributed by atoms with Gasteiger partial charge in [-0.1, -0.05) is 17.7 Å². The molecule has 6 heteroatoms. The first kappa shape index (κ1) is 13.0. The summed E-state index contributed by atoms with van der Waals surface area (Å²) in [4.78, 5) is 21.9. The molecule has 0 aliphatic rings. The number of hydrogen-bond donors (Lipinski definition) is 4. The van der Waals surface area contributed by atoms with Gasteiger partial charge in [-0.25, -0.2) is 9.59 Å². The van der Waals surface area contributed by atoms with Gasteiger partial charge in [-0.15, -0.1) is 0 Å². The second-order valence-corrected chi connectivity index (χ2v) is 3.54. The summed E-state index contributed by atoms with van der Waals surface area (Å²) in [5.74, 6) is -1.29. The Morgan fingerprint density at radius 2 is 1.88 bits per heavy atom. The maximum absolute atomic E-state index is 11.4. The number of anilines is 1. The quantitative estimate of drug-likeness (QED) is 0.616. The first-order valence-corrected chi connectivity index (χ1v) is 5.01. The van der Waals surface area contributed by atoms with Crippen LogP contribution in [0.3, 0.4) is 0 Å². The minimum absolute atomic E-state index is 0.551. The molecule has 0 unspecified atom stereocenters. The molecular formula is C11H14N2O4. The monoisotopic (exact) mass is 238 g/mol. The molecule has 0 fully saturated rings. The van der Waals surface area contributed by atoms with E-state index in [0.717, 1.165) is 5.56 Å². The summed E-state index contributed by atoms with van der Waals surface area (Å²) in [6.07, 6.45) is 0. The van der Waals surface area contributed by atoms with Gasteiger partial charge in [0.05, 0.1) is 6.61 Å². The van der Waals surface area contributed by atoms with Crippen molar-refractivity contribution in [3.8, 4) is 0 Å². The molecule has 0 radical (unpaired) electrons. The minimum atomic E-state index is -1.31. The molecule has 17 heavy (non-hydrogen) atoms. The van der Waals surface area contributed by atoms with Crippen molar-refractivity contribution in [3.63, 3.8) is 0 Å². The van der Waals surface area contributed by atoms with E-state index in [0.29, 0.717) is 5.69 Å². The molecule has 6 nitrogen and oxygen atoms in total. The Morgan fingerprint density at radius 3 is 2.35 bits per heavy atom. The van der Waals surface area contributed by atoms with Crippen LogP contribution >= 0.6 is 0 Å². The lowest BCUT2D eigenvalue weighted by Gasteiger charge is -2.12. The molecule has 4 N–H and O–H groups in total. The SMILES string of the molecule is Cc1ccc(NC(=O)N[C@H](CO)C(=O)O)cc1. The van der Waals surface area contributed by atoms with Gasteiger partial charge in [0, 0.05) is 5.69 Å². The third-order valence-corrected chi connectivity index (χ3v) is 2.10. The number of rotatable bonds is 4. The van der Waals surface area contributed by atoms with E-state index >= 15 is 0 Å². The number of aliphatic hydroxyl groups excluding tert-OH is 1. The third kappa shape index (κ3) is 4.12. The molecule has 2 amide bonds. The van der Waals surface area contributed by atoms with Gasteiger partial charge in [0.15, 0.2) is 6.04 Å². The predicted molar refractivity (Wildman–Crippen MR) is 61.8 cm³/mol. The molecular weight excluding hydrogens is 224 g/mol. The van der Waals surface area contributed by atoms with Crippen molar-refractivity contribution in [2.45, 2.75) is 13.0 Å². The van der Waals surface area contributed by atoms with Gasteiger partial charge in [0.2, 0.25) is 0 Å². The summed E-state index contributed by atoms with van der Waals surface area (Å²) in [7, 11) is 0. The molecule has 1 aromatic carbocycles. The number of aryl methyl sites for hydroxylation is 1. The number of aliphatic carboxylic acids is 1. The first-order chi connectivity index (χ1) is 8.02. The number of nitrogens with one attached hydrogen (secondary N) is 2. The lowest BCUT2D eigenvalue weighted by Crippen LogP contribution is -2.45. The van der Waals surface area contributed by atoms with Crippen molar-refractivity contribution in [2.75, 3.05) is 11.9 Å². The zero-order valence-electron chi connectivity index (χ0n) is 9.30. The van der Waals surface area contributed by atoms with Gasteiger partial charge in [-0.05, 0) is 19.1 Å². The molecule has 0 aromatic heterocycles. The van der Waals surface area contributed by atoms with Crippen molar-refractivity contribution >= 4 is 17.7 Å². The lowest BCUT2D eigenvalue weighted by atomic mass is 10.2. The maximum atomic E-state index is 11.4. The van der Waals surface area contributed by atoms with Gasteiger partial charge < -0.3 is 20.8 Å². The van der Waals surface area contributed by atoms with Crippen LogP contribution in [0.2, 0.25) is 0 Å². The molecule has 0 aliphatic heterocycles. The number of amides is 2. The number of benzene rings is 1. The van der Waals surface area contributed by atoms with E-state index in [-0.39, 0.29) is 0 Å². The summed E-state index contributed by atoms with van der Waals surface area (Å²) in [6.45, 7) is 1.26. The van der Waals surface area contributed by atoms with Crippen molar-refractivity contribution in [2.24, 2.45) is 0 Å². The fraction of sp³-hybridized carbons (Fsp3) is 0.273. The van der Waals surface area contributed by atoms with E-state index in [4.69, 9.17) is 10.2 Å². The molecule has 0 aliphatic carbocycles. The second kappa shape index (κ2) is 5.86. The fourth-order valence-electron chi connectivity index (χ4n) is 1.15. The summed E-state index contributed by atoms with van der Waals surface area (Å²) in [6, 6.07) is 5.05. The summed E-state index contributed by atoms with van der Waals surface area (Å²) < 4.78 is 0. The normalized spacial score (nSPS) is 11.6. The Morgan fingerprint density at radius 1 is 1.29 bits per heavy atom. The van der Waals surface area contributed by atoms with E-state index in [1.54, 1.807) is 12.1 Å². The third-order valence-electron chi connectivity index (χ3n) is 2.10. The number of carbonyl (C=O) groups is 2. The van der Waals surface area contributed by atoms with Crippen LogP contribution in [0.1, 0.15) is 5.56 Å². The highest BCUT2D eigenvalue weighted by molar-refractivity contribution is 5.92. The standard InChI is InChI=1S/C11H14N2O4/c1-7-2-4-8(5-3-7)12-11(17)13-9(6-14)10(15)16/h2-5,9,14H,6H2,1H3,(H,15,16)(H2,12,13,17)/t9-/m1/s1. The van der Waals surface area contributed by atoms with Gasteiger partial charge in [0.1, 0.15) is 0 Å². The zero-order chi connectivity index (χ0) is 12.8. The van der Waals surface area contributed by atoms with Crippen LogP contribution < -0.4 is 10.6 Å². The van der Waals surface area contributed by atoms with Crippen LogP contribution in [0.4, 0.5) is 10.5 Å². The highest BCUT2D eigenvalue weighted by atomic mass is 16.4. The number of aliphatic hydroxyl groups is 1. The van der Waals surface area contributed by atoms with Gasteiger partial charge in [-0.3, -0.25) is 0 Å². The summed E-state index contributed by atoms with van der Waals surface area (Å²) in [5.41, 5.74) is 1.60. The molecule has 1 aromatic rings. The van der Waals surface area contributed by atoms with E-state index < -0.39 is 24.6 Å². The van der Waals surface area contributed by atoms with E-state index in [1.807, 2.05) is 19.1 Å². The largest absolute Gasteiger partial charge is 0.480 e. The fourth-order valence-corrected chi connectivity index (χ4v) is 1.15. The summed E-state index contributed by atoms with van der Waals surface area (Å²) >= 11 is 0. The number of carbonyl (C=O) groups excluding carboxylic acids is 1. The van der Waals surface area contributed by atoms with Gasteiger partial charge in [-0.2, -0.15) is 0 Å². The highest BCUT2D eigenvalue weighted by Gasteiger charge is 2.18. The van der Waals surface area contributed by atoms with Crippen LogP contribution in [-0.2, 0) is 4.79 Å². The van der Waals surface area contributed by atoms with Crippen LogP contribution in [0, 0.1) is 6.92 Å². The zero-order valence-corrected chi connectivity index (χ0v) is 9.30. The van der Waals surface area contributed by atoms with Crippen LogP contribution in [-0.4, -0.2) is 34.9 Å². The Balaban J connectivity index is 2.54. The van der Waals surface area contributed by atoms with E-state index in [9.17, 15) is 9.59 Å². The molecule has 0 heterocycles. The highest BCUT2D eigenvalue weighted by Crippen LogP contribution is 2.08. The van der Waals surface area contributed by atoms with Crippen molar-refractivity contribution < 1.29 is 19.8 Å². The first-order valence-electron chi connectivity index (χ1n) is 5.01. The number of urea groups is 1. The van der Waals surface area contributed by atoms with Crippen LogP contribution in [0.15, 0.2) is 24.3 Å². The topological polar surface area (TPSA) is 98.7 Å². The molecule has 1 atom stereocenters. The minimum Gasteiger partial charge on any atom is -0.480 e. The van der Waals surface area contributed by atoms with E-state index in [2.05, 4.69) is 10.6 Å². The lowest BCUT2D eigenvalue weighted by molar-refractivity contribution is -0.140. The Kier molecular flexibility index (Phi) is 4.47. The predicted octanol–water partition coefficient (Wildman–Crippen LogP) is 0.562. The molecule has 0 bridgehead atoms. The van der Waals surface area contributed by atoms with Crippen LogP contribution in [0.25, 0.3) is 0 Å². The Bertz CT molecular complexity index is 402. The average Bonchev–Trinajstić information content (AvgIpc) is 2.28. The molecule has 0 saturated carbocycles. The van der Waals surface area contributed by atoms with Gasteiger partial charge in [0.25, 0.3) is 0 Å². The van der Waals surface area contributed by atoms with Crippen molar-refractivity contribution in [1.82, 2.24) is 5.32 Å². The van der Waals surface area contributed by atoms with Crippen molar-refractivity contribution in [1.29, 1.82) is 0 Å². The Labute approximate surface area is 98.3 Å². The summed E-state index contributed by atoms with van der Waals surface area (Å²) in [5, 5.41) is 21.9. The Hall–Kier alpha value is -2.08. The maximum Gasteiger partial charge on any atom is 0.328 e. The smallest absolute Gasteiger partial charge is 0.328 e.